The highest BCUT2D eigenvalue weighted by Crippen LogP contribution is 2.26. The molecule has 0 bridgehead atoms. The van der Waals surface area contributed by atoms with Crippen molar-refractivity contribution in [1.29, 1.82) is 0 Å². The molecule has 2 amide bonds. The number of piperidine rings is 1. The zero-order valence-electron chi connectivity index (χ0n) is 10.5. The van der Waals surface area contributed by atoms with Crippen LogP contribution in [0.4, 0.5) is 5.13 Å². The van der Waals surface area contributed by atoms with Gasteiger partial charge in [0, 0.05) is 13.5 Å². The monoisotopic (exact) mass is 316 g/mol. The van der Waals surface area contributed by atoms with Gasteiger partial charge in [-0.2, -0.15) is 0 Å². The van der Waals surface area contributed by atoms with E-state index in [2.05, 4.69) is 15.5 Å². The van der Waals surface area contributed by atoms with E-state index in [0.717, 1.165) is 16.7 Å². The number of amides is 2. The minimum atomic E-state index is -0.928. The van der Waals surface area contributed by atoms with Crippen LogP contribution in [0.15, 0.2) is 4.34 Å². The number of likely N-dealkylation sites (tertiary alicyclic amines) is 1. The van der Waals surface area contributed by atoms with Gasteiger partial charge in [-0.25, -0.2) is 0 Å². The molecule has 1 aliphatic rings. The fourth-order valence-electron chi connectivity index (χ4n) is 1.65. The SMILES string of the molecule is CN1C(=O)CCC(Nc2nnc(SCC(=O)O)s2)C1=O. The van der Waals surface area contributed by atoms with Crippen molar-refractivity contribution < 1.29 is 19.5 Å². The fraction of sp³-hybridized carbons (Fsp3) is 0.500. The highest BCUT2D eigenvalue weighted by atomic mass is 32.2. The molecule has 1 atom stereocenters. The normalized spacial score (nSPS) is 19.2. The number of aliphatic carboxylic acids is 1. The van der Waals surface area contributed by atoms with Crippen molar-refractivity contribution in [3.05, 3.63) is 0 Å². The Morgan fingerprint density at radius 2 is 2.30 bits per heavy atom. The average molecular weight is 316 g/mol. The van der Waals surface area contributed by atoms with E-state index in [-0.39, 0.29) is 17.6 Å². The molecule has 2 heterocycles. The summed E-state index contributed by atoms with van der Waals surface area (Å²) in [5.74, 6) is -1.50. The lowest BCUT2D eigenvalue weighted by Gasteiger charge is -2.27. The molecule has 1 unspecified atom stereocenters. The number of carbonyl (C=O) groups excluding carboxylic acids is 2. The first-order chi connectivity index (χ1) is 9.47. The lowest BCUT2D eigenvalue weighted by molar-refractivity contribution is -0.146. The van der Waals surface area contributed by atoms with Gasteiger partial charge in [-0.15, -0.1) is 10.2 Å². The standard InChI is InChI=1S/C10H12N4O4S2/c1-14-6(15)3-2-5(8(14)18)11-9-12-13-10(20-9)19-4-7(16)17/h5H,2-4H2,1H3,(H,11,12)(H,16,17). The number of aromatic nitrogens is 2. The third-order valence-electron chi connectivity index (χ3n) is 2.67. The molecule has 0 spiro atoms. The van der Waals surface area contributed by atoms with Gasteiger partial charge in [-0.05, 0) is 6.42 Å². The van der Waals surface area contributed by atoms with Crippen LogP contribution >= 0.6 is 23.1 Å². The minimum absolute atomic E-state index is 0.0891. The third kappa shape index (κ3) is 3.45. The molecule has 2 N–H and O–H groups in total. The number of hydrogen-bond donors (Lipinski definition) is 2. The predicted molar refractivity (Wildman–Crippen MR) is 72.7 cm³/mol. The van der Waals surface area contributed by atoms with Crippen molar-refractivity contribution in [2.45, 2.75) is 23.2 Å². The molecule has 1 aromatic heterocycles. The van der Waals surface area contributed by atoms with Crippen molar-refractivity contribution in [3.63, 3.8) is 0 Å². The van der Waals surface area contributed by atoms with Crippen molar-refractivity contribution in [2.75, 3.05) is 18.1 Å². The van der Waals surface area contributed by atoms with Crippen LogP contribution in [0.3, 0.4) is 0 Å². The van der Waals surface area contributed by atoms with Crippen LogP contribution < -0.4 is 5.32 Å². The molecule has 1 aromatic rings. The van der Waals surface area contributed by atoms with E-state index >= 15 is 0 Å². The maximum absolute atomic E-state index is 11.9. The maximum atomic E-state index is 11.9. The van der Waals surface area contributed by atoms with Gasteiger partial charge in [0.15, 0.2) is 4.34 Å². The lowest BCUT2D eigenvalue weighted by atomic mass is 10.1. The summed E-state index contributed by atoms with van der Waals surface area (Å²) in [6.07, 6.45) is 0.721. The maximum Gasteiger partial charge on any atom is 0.313 e. The number of imide groups is 1. The van der Waals surface area contributed by atoms with E-state index < -0.39 is 12.0 Å². The number of thioether (sulfide) groups is 1. The van der Waals surface area contributed by atoms with Crippen LogP contribution in [0, 0.1) is 0 Å². The van der Waals surface area contributed by atoms with Crippen molar-refractivity contribution in [3.8, 4) is 0 Å². The van der Waals surface area contributed by atoms with Crippen LogP contribution in [0.2, 0.25) is 0 Å². The Labute approximate surface area is 122 Å². The molecular weight excluding hydrogens is 304 g/mol. The summed E-state index contributed by atoms with van der Waals surface area (Å²) in [4.78, 5) is 34.8. The quantitative estimate of drug-likeness (QED) is 0.588. The van der Waals surface area contributed by atoms with Gasteiger partial charge >= 0.3 is 5.97 Å². The summed E-state index contributed by atoms with van der Waals surface area (Å²) in [6, 6.07) is -0.497. The first-order valence-corrected chi connectivity index (χ1v) is 7.52. The highest BCUT2D eigenvalue weighted by Gasteiger charge is 2.32. The van der Waals surface area contributed by atoms with Crippen molar-refractivity contribution in [1.82, 2.24) is 15.1 Å². The topological polar surface area (TPSA) is 112 Å². The Morgan fingerprint density at radius 1 is 1.55 bits per heavy atom. The Balaban J connectivity index is 1.95. The average Bonchev–Trinajstić information content (AvgIpc) is 2.85. The van der Waals surface area contributed by atoms with Gasteiger partial charge in [0.2, 0.25) is 11.0 Å². The molecule has 108 valence electrons. The number of nitrogens with one attached hydrogen (secondary N) is 1. The summed E-state index contributed by atoms with van der Waals surface area (Å²) in [7, 11) is 1.45. The number of likely N-dealkylation sites (N-methyl/N-ethyl adjacent to an activating group) is 1. The Kier molecular flexibility index (Phi) is 4.55. The van der Waals surface area contributed by atoms with Gasteiger partial charge in [-0.3, -0.25) is 19.3 Å². The summed E-state index contributed by atoms with van der Waals surface area (Å²) in [5.41, 5.74) is 0. The Morgan fingerprint density at radius 3 is 3.00 bits per heavy atom. The second-order valence-corrected chi connectivity index (χ2v) is 6.28. The molecule has 0 aliphatic carbocycles. The third-order valence-corrected chi connectivity index (χ3v) is 4.65. The van der Waals surface area contributed by atoms with Crippen LogP contribution in [-0.4, -0.2) is 56.8 Å². The van der Waals surface area contributed by atoms with E-state index in [9.17, 15) is 14.4 Å². The Bertz CT molecular complexity index is 547. The Hall–Kier alpha value is -1.68. The number of nitrogens with zero attached hydrogens (tertiary/aromatic N) is 3. The van der Waals surface area contributed by atoms with Crippen molar-refractivity contribution >= 4 is 46.0 Å². The van der Waals surface area contributed by atoms with Gasteiger partial charge in [0.25, 0.3) is 5.91 Å². The minimum Gasteiger partial charge on any atom is -0.481 e. The van der Waals surface area contributed by atoms with Gasteiger partial charge in [0.05, 0.1) is 5.75 Å². The molecular formula is C10H12N4O4S2. The van der Waals surface area contributed by atoms with E-state index in [1.165, 1.54) is 18.4 Å². The van der Waals surface area contributed by atoms with E-state index in [0.29, 0.717) is 22.3 Å². The molecule has 1 fully saturated rings. The molecule has 0 saturated carbocycles. The summed E-state index contributed by atoms with van der Waals surface area (Å²) >= 11 is 2.25. The largest absolute Gasteiger partial charge is 0.481 e. The number of carboxylic acid groups (broad SMARTS) is 1. The van der Waals surface area contributed by atoms with Crippen LogP contribution in [0.25, 0.3) is 0 Å². The number of anilines is 1. The zero-order chi connectivity index (χ0) is 14.7. The molecule has 20 heavy (non-hydrogen) atoms. The lowest BCUT2D eigenvalue weighted by Crippen LogP contribution is -2.48. The van der Waals surface area contributed by atoms with Gasteiger partial charge in [-0.1, -0.05) is 23.1 Å². The predicted octanol–water partition coefficient (Wildman–Crippen LogP) is 0.274. The van der Waals surface area contributed by atoms with E-state index in [1.54, 1.807) is 0 Å². The van der Waals surface area contributed by atoms with E-state index in [1.807, 2.05) is 0 Å². The smallest absolute Gasteiger partial charge is 0.313 e. The summed E-state index contributed by atoms with van der Waals surface area (Å²) in [5, 5.41) is 19.6. The second kappa shape index (κ2) is 6.18. The van der Waals surface area contributed by atoms with Gasteiger partial charge < -0.3 is 10.4 Å². The summed E-state index contributed by atoms with van der Waals surface area (Å²) < 4.78 is 0.516. The van der Waals surface area contributed by atoms with Crippen LogP contribution in [0.5, 0.6) is 0 Å². The first kappa shape index (κ1) is 14.7. The van der Waals surface area contributed by atoms with Crippen molar-refractivity contribution in [2.24, 2.45) is 0 Å². The second-order valence-electron chi connectivity index (χ2n) is 4.08. The first-order valence-electron chi connectivity index (χ1n) is 5.72. The number of carbonyl (C=O) groups is 3. The number of rotatable bonds is 5. The number of carboxylic acids is 1. The molecule has 1 aliphatic heterocycles. The summed E-state index contributed by atoms with van der Waals surface area (Å²) in [6.45, 7) is 0. The molecule has 1 saturated heterocycles. The highest BCUT2D eigenvalue weighted by molar-refractivity contribution is 8.01. The molecule has 0 radical (unpaired) electrons. The van der Waals surface area contributed by atoms with Crippen LogP contribution in [-0.2, 0) is 14.4 Å². The number of hydrogen-bond acceptors (Lipinski definition) is 8. The van der Waals surface area contributed by atoms with E-state index in [4.69, 9.17) is 5.11 Å². The molecule has 8 nitrogen and oxygen atoms in total. The molecule has 0 aromatic carbocycles. The van der Waals surface area contributed by atoms with Gasteiger partial charge in [0.1, 0.15) is 6.04 Å². The zero-order valence-corrected chi connectivity index (χ0v) is 12.2. The molecule has 2 rings (SSSR count). The molecule has 10 heteroatoms. The fourth-order valence-corrected chi connectivity index (χ4v) is 3.17. The van der Waals surface area contributed by atoms with Crippen LogP contribution in [0.1, 0.15) is 12.8 Å².